The summed E-state index contributed by atoms with van der Waals surface area (Å²) < 4.78 is 0. The molecule has 2 aliphatic rings. The number of para-hydroxylation sites is 1. The quantitative estimate of drug-likeness (QED) is 0.551. The van der Waals surface area contributed by atoms with Crippen LogP contribution < -0.4 is 10.2 Å². The number of nitrogens with one attached hydrogen (secondary N) is 1. The van der Waals surface area contributed by atoms with E-state index < -0.39 is 5.41 Å². The third-order valence-corrected chi connectivity index (χ3v) is 6.57. The number of anilines is 1. The first-order chi connectivity index (χ1) is 15.7. The van der Waals surface area contributed by atoms with E-state index in [2.05, 4.69) is 28.5 Å². The van der Waals surface area contributed by atoms with Crippen LogP contribution in [0.15, 0.2) is 73.1 Å². The molecule has 4 heterocycles. The van der Waals surface area contributed by atoms with Crippen LogP contribution in [-0.2, 0) is 16.8 Å². The lowest BCUT2D eigenvalue weighted by molar-refractivity contribution is -0.125. The summed E-state index contributed by atoms with van der Waals surface area (Å²) in [6.45, 7) is 1.70. The van der Waals surface area contributed by atoms with Crippen molar-refractivity contribution < 1.29 is 4.79 Å². The number of nitriles is 1. The van der Waals surface area contributed by atoms with Crippen LogP contribution in [0.1, 0.15) is 17.0 Å². The van der Waals surface area contributed by atoms with Crippen molar-refractivity contribution >= 4 is 22.4 Å². The number of benzene rings is 2. The number of fused-ring (bicyclic) bond motifs is 3. The van der Waals surface area contributed by atoms with Gasteiger partial charge in [0, 0.05) is 47.7 Å². The number of aromatic nitrogens is 2. The molecule has 1 fully saturated rings. The number of amides is 1. The molecule has 0 radical (unpaired) electrons. The molecule has 1 N–H and O–H groups in total. The summed E-state index contributed by atoms with van der Waals surface area (Å²) in [5, 5.41) is 14.5. The smallest absolute Gasteiger partial charge is 0.240 e. The Morgan fingerprint density at radius 2 is 1.81 bits per heavy atom. The van der Waals surface area contributed by atoms with E-state index in [1.807, 2.05) is 53.6 Å². The summed E-state index contributed by atoms with van der Waals surface area (Å²) >= 11 is 0. The van der Waals surface area contributed by atoms with Gasteiger partial charge in [-0.1, -0.05) is 42.5 Å². The van der Waals surface area contributed by atoms with Gasteiger partial charge in [0.05, 0.1) is 12.2 Å². The molecular weight excluding hydrogens is 398 g/mol. The topological polar surface area (TPSA) is 81.9 Å². The summed E-state index contributed by atoms with van der Waals surface area (Å²) in [6, 6.07) is 21.8. The van der Waals surface area contributed by atoms with E-state index in [-0.39, 0.29) is 5.91 Å². The van der Waals surface area contributed by atoms with E-state index in [4.69, 9.17) is 10.2 Å². The van der Waals surface area contributed by atoms with E-state index >= 15 is 0 Å². The first-order valence-electron chi connectivity index (χ1n) is 10.6. The minimum Gasteiger partial charge on any atom is -0.314 e. The summed E-state index contributed by atoms with van der Waals surface area (Å²) in [5.74, 6) is 0.122. The largest absolute Gasteiger partial charge is 0.314 e. The molecule has 1 amide bonds. The zero-order valence-corrected chi connectivity index (χ0v) is 17.2. The van der Waals surface area contributed by atoms with Crippen LogP contribution in [0.3, 0.4) is 0 Å². The molecule has 2 aromatic carbocycles. The third kappa shape index (κ3) is 2.58. The van der Waals surface area contributed by atoms with Crippen molar-refractivity contribution in [1.82, 2.24) is 15.3 Å². The van der Waals surface area contributed by atoms with Gasteiger partial charge in [-0.15, -0.1) is 0 Å². The molecule has 4 aromatic rings. The molecule has 32 heavy (non-hydrogen) atoms. The van der Waals surface area contributed by atoms with Crippen LogP contribution in [0.25, 0.3) is 21.9 Å². The Hall–Kier alpha value is -4.08. The first-order valence-corrected chi connectivity index (χ1v) is 10.6. The molecule has 0 saturated carbocycles. The molecule has 6 heteroatoms. The highest BCUT2D eigenvalue weighted by Gasteiger charge is 2.54. The zero-order valence-electron chi connectivity index (χ0n) is 17.2. The van der Waals surface area contributed by atoms with Crippen LogP contribution in [0.4, 0.5) is 5.69 Å². The van der Waals surface area contributed by atoms with Gasteiger partial charge in [-0.05, 0) is 29.1 Å². The molecule has 2 aliphatic heterocycles. The van der Waals surface area contributed by atoms with E-state index in [1.165, 1.54) is 0 Å². The Bertz CT molecular complexity index is 1420. The standard InChI is InChI=1S/C26H19N5O/c27-11-19-10-9-18(13-29-19)24-20-6-2-1-5-17(20)12-30-22(24)14-31-23-8-4-3-7-21(23)26(25(31)32)15-28-16-26/h1-10,12-13,28H,14-16H2. The van der Waals surface area contributed by atoms with E-state index in [1.54, 1.807) is 12.3 Å². The summed E-state index contributed by atoms with van der Waals surface area (Å²) in [7, 11) is 0. The van der Waals surface area contributed by atoms with Gasteiger partial charge >= 0.3 is 0 Å². The van der Waals surface area contributed by atoms with Crippen LogP contribution >= 0.6 is 0 Å². The van der Waals surface area contributed by atoms with Crippen molar-refractivity contribution in [2.75, 3.05) is 18.0 Å². The lowest BCUT2D eigenvalue weighted by Crippen LogP contribution is -2.61. The van der Waals surface area contributed by atoms with E-state index in [0.29, 0.717) is 25.3 Å². The normalized spacial score (nSPS) is 16.1. The maximum absolute atomic E-state index is 13.6. The Kier molecular flexibility index (Phi) is 4.07. The molecule has 6 nitrogen and oxygen atoms in total. The highest BCUT2D eigenvalue weighted by molar-refractivity contribution is 6.09. The molecule has 1 saturated heterocycles. The van der Waals surface area contributed by atoms with E-state index in [0.717, 1.165) is 38.8 Å². The van der Waals surface area contributed by atoms with Gasteiger partial charge in [0.2, 0.25) is 5.91 Å². The van der Waals surface area contributed by atoms with E-state index in [9.17, 15) is 4.79 Å². The number of carbonyl (C=O) groups is 1. The predicted molar refractivity (Wildman–Crippen MR) is 122 cm³/mol. The molecular formula is C26H19N5O. The fourth-order valence-corrected chi connectivity index (χ4v) is 4.87. The molecule has 6 rings (SSSR count). The second-order valence-electron chi connectivity index (χ2n) is 8.31. The first kappa shape index (κ1) is 18.7. The van der Waals surface area contributed by atoms with Crippen molar-refractivity contribution in [2.45, 2.75) is 12.0 Å². The molecule has 0 atom stereocenters. The highest BCUT2D eigenvalue weighted by atomic mass is 16.2. The summed E-state index contributed by atoms with van der Waals surface area (Å²) in [5.41, 5.74) is 4.57. The lowest BCUT2D eigenvalue weighted by Gasteiger charge is -2.38. The van der Waals surface area contributed by atoms with Gasteiger partial charge in [0.1, 0.15) is 17.2 Å². The van der Waals surface area contributed by atoms with Gasteiger partial charge < -0.3 is 10.2 Å². The highest BCUT2D eigenvalue weighted by Crippen LogP contribution is 2.45. The van der Waals surface area contributed by atoms with Gasteiger partial charge in [-0.25, -0.2) is 4.98 Å². The Morgan fingerprint density at radius 3 is 2.56 bits per heavy atom. The van der Waals surface area contributed by atoms with Gasteiger partial charge in [-0.3, -0.25) is 9.78 Å². The maximum atomic E-state index is 13.6. The number of nitrogens with zero attached hydrogens (tertiary/aromatic N) is 4. The molecule has 0 unspecified atom stereocenters. The predicted octanol–water partition coefficient (Wildman–Crippen LogP) is 3.56. The molecule has 1 spiro atoms. The van der Waals surface area contributed by atoms with Crippen LogP contribution in [0.2, 0.25) is 0 Å². The number of hydrogen-bond acceptors (Lipinski definition) is 5. The molecule has 2 aromatic heterocycles. The van der Waals surface area contributed by atoms with Crippen molar-refractivity contribution in [3.63, 3.8) is 0 Å². The Labute approximate surface area is 185 Å². The average Bonchev–Trinajstić information content (AvgIpc) is 3.07. The second-order valence-corrected chi connectivity index (χ2v) is 8.31. The number of carbonyl (C=O) groups excluding carboxylic acids is 1. The average molecular weight is 417 g/mol. The van der Waals surface area contributed by atoms with Crippen molar-refractivity contribution in [3.05, 3.63) is 90.0 Å². The number of hydrogen-bond donors (Lipinski definition) is 1. The monoisotopic (exact) mass is 417 g/mol. The SMILES string of the molecule is N#Cc1ccc(-c2c(CN3C(=O)C4(CNC4)c4ccccc43)ncc3ccccc23)cn1. The number of rotatable bonds is 3. The summed E-state index contributed by atoms with van der Waals surface area (Å²) in [4.78, 5) is 24.5. The van der Waals surface area contributed by atoms with Crippen LogP contribution in [0, 0.1) is 11.3 Å². The van der Waals surface area contributed by atoms with Crippen LogP contribution in [-0.4, -0.2) is 29.0 Å². The third-order valence-electron chi connectivity index (χ3n) is 6.57. The number of pyridine rings is 2. The van der Waals surface area contributed by atoms with Crippen molar-refractivity contribution in [1.29, 1.82) is 5.26 Å². The van der Waals surface area contributed by atoms with Gasteiger partial charge in [0.25, 0.3) is 0 Å². The fraction of sp³-hybridized carbons (Fsp3) is 0.154. The zero-order chi connectivity index (χ0) is 21.7. The molecule has 0 bridgehead atoms. The maximum Gasteiger partial charge on any atom is 0.240 e. The second kappa shape index (κ2) is 6.98. The summed E-state index contributed by atoms with van der Waals surface area (Å²) in [6.07, 6.45) is 3.57. The lowest BCUT2D eigenvalue weighted by atomic mass is 9.76. The minimum absolute atomic E-state index is 0.122. The van der Waals surface area contributed by atoms with Gasteiger partial charge in [0.15, 0.2) is 0 Å². The molecule has 154 valence electrons. The van der Waals surface area contributed by atoms with Crippen LogP contribution in [0.5, 0.6) is 0 Å². The fourth-order valence-electron chi connectivity index (χ4n) is 4.87. The Morgan fingerprint density at radius 1 is 1.00 bits per heavy atom. The minimum atomic E-state index is -0.469. The Balaban J connectivity index is 1.50. The van der Waals surface area contributed by atoms with Gasteiger partial charge in [-0.2, -0.15) is 5.26 Å². The van der Waals surface area contributed by atoms with Crippen molar-refractivity contribution in [3.8, 4) is 17.2 Å². The van der Waals surface area contributed by atoms with Crippen molar-refractivity contribution in [2.24, 2.45) is 0 Å². The molecule has 0 aliphatic carbocycles.